The molecule has 2 atom stereocenters. The van der Waals surface area contributed by atoms with Crippen LogP contribution in [0.3, 0.4) is 0 Å². The zero-order chi connectivity index (χ0) is 15.0. The molecule has 0 spiro atoms. The number of ether oxygens (including phenoxy) is 1. The van der Waals surface area contributed by atoms with Gasteiger partial charge in [0.1, 0.15) is 18.5 Å². The molecule has 0 amide bonds. The Bertz CT molecular complexity index is 417. The third-order valence-electron chi connectivity index (χ3n) is 2.80. The normalized spacial score (nSPS) is 14.0. The number of aliphatic hydroxyl groups is 1. The first-order valence-corrected chi connectivity index (χ1v) is 8.60. The lowest BCUT2D eigenvalue weighted by Gasteiger charge is -2.14. The van der Waals surface area contributed by atoms with Crippen molar-refractivity contribution in [2.24, 2.45) is 0 Å². The van der Waals surface area contributed by atoms with E-state index in [0.29, 0.717) is 12.3 Å². The van der Waals surface area contributed by atoms with Crippen LogP contribution in [0.1, 0.15) is 17.5 Å². The molecular formula is C15H25NO3S. The van der Waals surface area contributed by atoms with Gasteiger partial charge in [0.15, 0.2) is 0 Å². The van der Waals surface area contributed by atoms with Gasteiger partial charge in [0.2, 0.25) is 0 Å². The predicted molar refractivity (Wildman–Crippen MR) is 83.8 cm³/mol. The number of rotatable bonds is 9. The highest BCUT2D eigenvalue weighted by Crippen LogP contribution is 2.16. The number of aryl methyl sites for hydroxylation is 2. The fourth-order valence-electron chi connectivity index (χ4n) is 1.94. The minimum absolute atomic E-state index is 0.273. The average molecular weight is 299 g/mol. The summed E-state index contributed by atoms with van der Waals surface area (Å²) in [5.41, 5.74) is 2.31. The Hall–Kier alpha value is -0.910. The maximum Gasteiger partial charge on any atom is 0.119 e. The molecule has 0 saturated carbocycles. The van der Waals surface area contributed by atoms with E-state index < -0.39 is 16.9 Å². The van der Waals surface area contributed by atoms with Crippen LogP contribution in [0.25, 0.3) is 0 Å². The van der Waals surface area contributed by atoms with Gasteiger partial charge in [0, 0.05) is 29.4 Å². The monoisotopic (exact) mass is 299 g/mol. The Balaban J connectivity index is 2.19. The minimum atomic E-state index is -0.740. The quantitative estimate of drug-likeness (QED) is 0.677. The number of nitrogens with one attached hydrogen (secondary N) is 1. The molecule has 0 bridgehead atoms. The molecule has 0 saturated heterocycles. The predicted octanol–water partition coefficient (Wildman–Crippen LogP) is 1.40. The molecule has 2 unspecified atom stereocenters. The van der Waals surface area contributed by atoms with Crippen molar-refractivity contribution in [1.29, 1.82) is 0 Å². The molecule has 0 aliphatic rings. The van der Waals surface area contributed by atoms with E-state index in [1.807, 2.05) is 26.0 Å². The van der Waals surface area contributed by atoms with Crippen LogP contribution in [0.4, 0.5) is 0 Å². The van der Waals surface area contributed by atoms with Crippen LogP contribution in [0.5, 0.6) is 5.75 Å². The lowest BCUT2D eigenvalue weighted by atomic mass is 10.1. The van der Waals surface area contributed by atoms with E-state index in [0.717, 1.165) is 29.8 Å². The van der Waals surface area contributed by atoms with Crippen molar-refractivity contribution < 1.29 is 14.1 Å². The summed E-state index contributed by atoms with van der Waals surface area (Å²) in [4.78, 5) is 0. The molecule has 5 heteroatoms. The molecule has 114 valence electrons. The fourth-order valence-corrected chi connectivity index (χ4v) is 2.49. The summed E-state index contributed by atoms with van der Waals surface area (Å²) in [5.74, 6) is 1.49. The molecule has 0 heterocycles. The van der Waals surface area contributed by atoms with E-state index in [2.05, 4.69) is 11.4 Å². The second-order valence-corrected chi connectivity index (χ2v) is 6.68. The van der Waals surface area contributed by atoms with E-state index in [9.17, 15) is 9.32 Å². The molecule has 1 rings (SSSR count). The summed E-state index contributed by atoms with van der Waals surface area (Å²) in [7, 11) is -0.740. The largest absolute Gasteiger partial charge is 0.491 e. The molecule has 1 aromatic rings. The fraction of sp³-hybridized carbons (Fsp3) is 0.600. The highest BCUT2D eigenvalue weighted by molar-refractivity contribution is 7.84. The van der Waals surface area contributed by atoms with Gasteiger partial charge in [-0.3, -0.25) is 4.21 Å². The maximum absolute atomic E-state index is 10.9. The Morgan fingerprint density at radius 3 is 2.55 bits per heavy atom. The zero-order valence-electron chi connectivity index (χ0n) is 12.5. The summed E-state index contributed by atoms with van der Waals surface area (Å²) in [6.45, 7) is 5.57. The smallest absolute Gasteiger partial charge is 0.119 e. The van der Waals surface area contributed by atoms with Gasteiger partial charge in [0.05, 0.1) is 0 Å². The summed E-state index contributed by atoms with van der Waals surface area (Å²) in [6, 6.07) is 6.01. The van der Waals surface area contributed by atoms with E-state index >= 15 is 0 Å². The second-order valence-electron chi connectivity index (χ2n) is 5.12. The van der Waals surface area contributed by atoms with Gasteiger partial charge in [-0.1, -0.05) is 6.07 Å². The van der Waals surface area contributed by atoms with E-state index in [1.54, 1.807) is 6.26 Å². The lowest BCUT2D eigenvalue weighted by molar-refractivity contribution is 0.106. The Kier molecular flexibility index (Phi) is 7.80. The first-order valence-electron chi connectivity index (χ1n) is 6.87. The molecule has 0 fully saturated rings. The summed E-state index contributed by atoms with van der Waals surface area (Å²) < 4.78 is 16.5. The number of hydrogen-bond donors (Lipinski definition) is 2. The molecule has 0 aromatic heterocycles. The van der Waals surface area contributed by atoms with Gasteiger partial charge in [-0.15, -0.1) is 0 Å². The van der Waals surface area contributed by atoms with E-state index in [1.165, 1.54) is 0 Å². The second kappa shape index (κ2) is 9.10. The Labute approximate surface area is 124 Å². The highest BCUT2D eigenvalue weighted by atomic mass is 32.2. The SMILES string of the molecule is Cc1cc(C)cc(OCC(O)CNCCCS(C)=O)c1. The maximum atomic E-state index is 10.9. The molecule has 0 aliphatic carbocycles. The van der Waals surface area contributed by atoms with Crippen LogP contribution >= 0.6 is 0 Å². The third kappa shape index (κ3) is 7.62. The third-order valence-corrected chi connectivity index (χ3v) is 3.67. The van der Waals surface area contributed by atoms with Crippen molar-refractivity contribution in [3.05, 3.63) is 29.3 Å². The van der Waals surface area contributed by atoms with Gasteiger partial charge in [-0.05, 0) is 50.1 Å². The van der Waals surface area contributed by atoms with Gasteiger partial charge < -0.3 is 15.2 Å². The van der Waals surface area contributed by atoms with Crippen LogP contribution in [-0.2, 0) is 10.8 Å². The zero-order valence-corrected chi connectivity index (χ0v) is 13.3. The Morgan fingerprint density at radius 1 is 1.30 bits per heavy atom. The van der Waals surface area contributed by atoms with Crippen molar-refractivity contribution in [3.8, 4) is 5.75 Å². The average Bonchev–Trinajstić information content (AvgIpc) is 2.34. The van der Waals surface area contributed by atoms with Gasteiger partial charge in [0.25, 0.3) is 0 Å². The number of benzene rings is 1. The van der Waals surface area contributed by atoms with Gasteiger partial charge in [-0.2, -0.15) is 0 Å². The highest BCUT2D eigenvalue weighted by Gasteiger charge is 2.05. The summed E-state index contributed by atoms with van der Waals surface area (Å²) in [5, 5.41) is 12.9. The van der Waals surface area contributed by atoms with Crippen molar-refractivity contribution in [1.82, 2.24) is 5.32 Å². The first-order chi connectivity index (χ1) is 9.47. The number of aliphatic hydroxyl groups excluding tert-OH is 1. The van der Waals surface area contributed by atoms with Gasteiger partial charge >= 0.3 is 0 Å². The van der Waals surface area contributed by atoms with Crippen LogP contribution in [-0.4, -0.2) is 47.1 Å². The molecule has 4 nitrogen and oxygen atoms in total. The Morgan fingerprint density at radius 2 is 1.95 bits per heavy atom. The van der Waals surface area contributed by atoms with Gasteiger partial charge in [-0.25, -0.2) is 0 Å². The van der Waals surface area contributed by atoms with Crippen molar-refractivity contribution in [2.45, 2.75) is 26.4 Å². The standard InChI is InChI=1S/C15H25NO3S/c1-12-7-13(2)9-15(8-12)19-11-14(17)10-16-5-4-6-20(3)18/h7-9,14,16-17H,4-6,10-11H2,1-3H3. The molecular weight excluding hydrogens is 274 g/mol. The molecule has 20 heavy (non-hydrogen) atoms. The van der Waals surface area contributed by atoms with Crippen LogP contribution in [0.15, 0.2) is 18.2 Å². The van der Waals surface area contributed by atoms with Crippen molar-refractivity contribution >= 4 is 10.8 Å². The summed E-state index contributed by atoms with van der Waals surface area (Å²) >= 11 is 0. The van der Waals surface area contributed by atoms with E-state index in [4.69, 9.17) is 4.74 Å². The first kappa shape index (κ1) is 17.1. The molecule has 1 aromatic carbocycles. The van der Waals surface area contributed by atoms with Crippen LogP contribution < -0.4 is 10.1 Å². The molecule has 2 N–H and O–H groups in total. The minimum Gasteiger partial charge on any atom is -0.491 e. The van der Waals surface area contributed by atoms with Crippen LogP contribution in [0.2, 0.25) is 0 Å². The number of hydrogen-bond acceptors (Lipinski definition) is 4. The van der Waals surface area contributed by atoms with E-state index in [-0.39, 0.29) is 6.61 Å². The molecule has 0 radical (unpaired) electrons. The van der Waals surface area contributed by atoms with Crippen molar-refractivity contribution in [2.75, 3.05) is 31.7 Å². The summed E-state index contributed by atoms with van der Waals surface area (Å²) in [6.07, 6.45) is 2.02. The van der Waals surface area contributed by atoms with Crippen molar-refractivity contribution in [3.63, 3.8) is 0 Å². The van der Waals surface area contributed by atoms with Crippen LogP contribution in [0, 0.1) is 13.8 Å². The molecule has 0 aliphatic heterocycles. The lowest BCUT2D eigenvalue weighted by Crippen LogP contribution is -2.32. The topological polar surface area (TPSA) is 58.6 Å².